The number of rotatable bonds is 4. The van der Waals surface area contributed by atoms with E-state index < -0.39 is 5.97 Å². The number of nitrogen functional groups attached to an aromatic ring is 1. The van der Waals surface area contributed by atoms with Gasteiger partial charge in [-0.3, -0.25) is 4.79 Å². The highest BCUT2D eigenvalue weighted by Gasteiger charge is 2.09. The maximum absolute atomic E-state index is 10.4. The van der Waals surface area contributed by atoms with Gasteiger partial charge in [0.05, 0.1) is 6.42 Å². The number of carboxylic acid groups (broad SMARTS) is 1. The lowest BCUT2D eigenvalue weighted by Crippen LogP contribution is -2.26. The van der Waals surface area contributed by atoms with Crippen LogP contribution in [0.5, 0.6) is 0 Å². The summed E-state index contributed by atoms with van der Waals surface area (Å²) in [7, 11) is 0. The number of carboxylic acids is 1. The molecule has 0 bridgehead atoms. The molecule has 0 aliphatic rings. The summed E-state index contributed by atoms with van der Waals surface area (Å²) in [4.78, 5) is 10.4. The van der Waals surface area contributed by atoms with E-state index in [4.69, 9.17) is 16.6 Å². The van der Waals surface area contributed by atoms with Crippen molar-refractivity contribution in [2.45, 2.75) is 18.9 Å². The van der Waals surface area contributed by atoms with E-state index in [1.54, 1.807) is 6.07 Å². The minimum absolute atomic E-state index is 0.0334. The Labute approximate surface area is 82.5 Å². The van der Waals surface area contributed by atoms with E-state index >= 15 is 0 Å². The van der Waals surface area contributed by atoms with Crippen molar-refractivity contribution in [1.82, 2.24) is 0 Å². The van der Waals surface area contributed by atoms with Crippen LogP contribution < -0.4 is 11.5 Å². The highest BCUT2D eigenvalue weighted by Crippen LogP contribution is 2.12. The van der Waals surface area contributed by atoms with Crippen LogP contribution in [0.4, 0.5) is 5.69 Å². The van der Waals surface area contributed by atoms with Gasteiger partial charge >= 0.3 is 5.97 Å². The molecule has 0 fully saturated rings. The summed E-state index contributed by atoms with van der Waals surface area (Å²) in [5.41, 5.74) is 12.9. The molecule has 0 aliphatic heterocycles. The number of carbonyl (C=O) groups is 1. The molecule has 4 nitrogen and oxygen atoms in total. The van der Waals surface area contributed by atoms with Gasteiger partial charge in [0.25, 0.3) is 0 Å². The first-order valence-electron chi connectivity index (χ1n) is 4.40. The number of aliphatic carboxylic acids is 1. The average Bonchev–Trinajstić information content (AvgIpc) is 2.07. The van der Waals surface area contributed by atoms with Gasteiger partial charge in [0.1, 0.15) is 0 Å². The van der Waals surface area contributed by atoms with Gasteiger partial charge < -0.3 is 16.6 Å². The molecule has 0 amide bonds. The van der Waals surface area contributed by atoms with E-state index in [9.17, 15) is 4.79 Å². The highest BCUT2D eigenvalue weighted by molar-refractivity contribution is 5.67. The van der Waals surface area contributed by atoms with Crippen LogP contribution >= 0.6 is 0 Å². The lowest BCUT2D eigenvalue weighted by molar-refractivity contribution is -0.137. The van der Waals surface area contributed by atoms with Crippen LogP contribution in [0.1, 0.15) is 12.0 Å². The van der Waals surface area contributed by atoms with E-state index in [0.717, 1.165) is 5.56 Å². The predicted molar refractivity (Wildman–Crippen MR) is 54.8 cm³/mol. The average molecular weight is 194 g/mol. The molecule has 0 aromatic heterocycles. The van der Waals surface area contributed by atoms with Crippen LogP contribution in [-0.2, 0) is 11.2 Å². The number of para-hydroxylation sites is 1. The van der Waals surface area contributed by atoms with Crippen LogP contribution in [0.2, 0.25) is 0 Å². The topological polar surface area (TPSA) is 89.3 Å². The standard InChI is InChI=1S/C10H14N2O2/c11-8(6-10(13)14)5-7-3-1-2-4-9(7)12/h1-4,8H,5-6,11-12H2,(H,13,14). The molecular formula is C10H14N2O2. The number of hydrogen-bond acceptors (Lipinski definition) is 3. The summed E-state index contributed by atoms with van der Waals surface area (Å²) in [6.45, 7) is 0. The Bertz CT molecular complexity index is 326. The fourth-order valence-corrected chi connectivity index (χ4v) is 1.30. The molecule has 0 aliphatic carbocycles. The van der Waals surface area contributed by atoms with Crippen molar-refractivity contribution < 1.29 is 9.90 Å². The molecular weight excluding hydrogens is 180 g/mol. The number of benzene rings is 1. The molecule has 76 valence electrons. The van der Waals surface area contributed by atoms with Gasteiger partial charge in [0.15, 0.2) is 0 Å². The molecule has 5 N–H and O–H groups in total. The van der Waals surface area contributed by atoms with Gasteiger partial charge in [-0.1, -0.05) is 18.2 Å². The first-order valence-corrected chi connectivity index (χ1v) is 4.40. The molecule has 14 heavy (non-hydrogen) atoms. The van der Waals surface area contributed by atoms with E-state index in [1.807, 2.05) is 18.2 Å². The smallest absolute Gasteiger partial charge is 0.304 e. The van der Waals surface area contributed by atoms with Crippen LogP contribution in [-0.4, -0.2) is 17.1 Å². The molecule has 1 rings (SSSR count). The molecule has 0 saturated carbocycles. The molecule has 1 aromatic carbocycles. The first-order chi connectivity index (χ1) is 6.59. The summed E-state index contributed by atoms with van der Waals surface area (Å²) in [5.74, 6) is -0.882. The summed E-state index contributed by atoms with van der Waals surface area (Å²) < 4.78 is 0. The second-order valence-corrected chi connectivity index (χ2v) is 3.26. The Morgan fingerprint density at radius 1 is 1.43 bits per heavy atom. The quantitative estimate of drug-likeness (QED) is 0.613. The number of nitrogens with two attached hydrogens (primary N) is 2. The third-order valence-corrected chi connectivity index (χ3v) is 1.97. The van der Waals surface area contributed by atoms with Crippen molar-refractivity contribution in [3.63, 3.8) is 0 Å². The Balaban J connectivity index is 2.60. The van der Waals surface area contributed by atoms with Crippen LogP contribution in [0.3, 0.4) is 0 Å². The Morgan fingerprint density at radius 2 is 2.07 bits per heavy atom. The van der Waals surface area contributed by atoms with Gasteiger partial charge in [-0.2, -0.15) is 0 Å². The summed E-state index contributed by atoms with van der Waals surface area (Å²) in [5, 5.41) is 8.52. The monoisotopic (exact) mass is 194 g/mol. The first kappa shape index (κ1) is 10.5. The Morgan fingerprint density at radius 3 is 2.64 bits per heavy atom. The lowest BCUT2D eigenvalue weighted by atomic mass is 10.0. The van der Waals surface area contributed by atoms with Crippen LogP contribution in [0.25, 0.3) is 0 Å². The predicted octanol–water partition coefficient (Wildman–Crippen LogP) is 0.613. The molecule has 1 unspecified atom stereocenters. The van der Waals surface area contributed by atoms with Gasteiger partial charge in [-0.25, -0.2) is 0 Å². The van der Waals surface area contributed by atoms with Crippen LogP contribution in [0, 0.1) is 0 Å². The molecule has 0 spiro atoms. The Kier molecular flexibility index (Phi) is 3.48. The van der Waals surface area contributed by atoms with E-state index in [0.29, 0.717) is 12.1 Å². The number of anilines is 1. The molecule has 0 heterocycles. The van der Waals surface area contributed by atoms with Gasteiger partial charge in [0, 0.05) is 11.7 Å². The minimum atomic E-state index is -0.882. The van der Waals surface area contributed by atoms with Crippen LogP contribution in [0.15, 0.2) is 24.3 Å². The lowest BCUT2D eigenvalue weighted by Gasteiger charge is -2.10. The maximum atomic E-state index is 10.4. The third-order valence-electron chi connectivity index (χ3n) is 1.97. The Hall–Kier alpha value is -1.55. The molecule has 4 heteroatoms. The van der Waals surface area contributed by atoms with Gasteiger partial charge in [0.2, 0.25) is 0 Å². The van der Waals surface area contributed by atoms with E-state index in [-0.39, 0.29) is 12.5 Å². The van der Waals surface area contributed by atoms with Crippen molar-refractivity contribution in [3.05, 3.63) is 29.8 Å². The van der Waals surface area contributed by atoms with Gasteiger partial charge in [-0.05, 0) is 18.1 Å². The normalized spacial score (nSPS) is 12.4. The van der Waals surface area contributed by atoms with Crippen molar-refractivity contribution >= 4 is 11.7 Å². The summed E-state index contributed by atoms with van der Waals surface area (Å²) in [6.07, 6.45) is 0.466. The minimum Gasteiger partial charge on any atom is -0.481 e. The summed E-state index contributed by atoms with van der Waals surface area (Å²) >= 11 is 0. The maximum Gasteiger partial charge on any atom is 0.304 e. The second-order valence-electron chi connectivity index (χ2n) is 3.26. The fourth-order valence-electron chi connectivity index (χ4n) is 1.30. The zero-order chi connectivity index (χ0) is 10.6. The summed E-state index contributed by atoms with van der Waals surface area (Å²) in [6, 6.07) is 6.96. The second kappa shape index (κ2) is 4.62. The number of hydrogen-bond donors (Lipinski definition) is 3. The molecule has 0 saturated heterocycles. The van der Waals surface area contributed by atoms with Crippen molar-refractivity contribution in [2.24, 2.45) is 5.73 Å². The molecule has 1 atom stereocenters. The van der Waals surface area contributed by atoms with Crippen molar-refractivity contribution in [2.75, 3.05) is 5.73 Å². The van der Waals surface area contributed by atoms with Crippen molar-refractivity contribution in [1.29, 1.82) is 0 Å². The highest BCUT2D eigenvalue weighted by atomic mass is 16.4. The molecule has 1 aromatic rings. The molecule has 0 radical (unpaired) electrons. The fraction of sp³-hybridized carbons (Fsp3) is 0.300. The van der Waals surface area contributed by atoms with E-state index in [2.05, 4.69) is 0 Å². The third kappa shape index (κ3) is 3.06. The zero-order valence-electron chi connectivity index (χ0n) is 7.81. The zero-order valence-corrected chi connectivity index (χ0v) is 7.81. The van der Waals surface area contributed by atoms with Gasteiger partial charge in [-0.15, -0.1) is 0 Å². The van der Waals surface area contributed by atoms with E-state index in [1.165, 1.54) is 0 Å². The largest absolute Gasteiger partial charge is 0.481 e. The SMILES string of the molecule is Nc1ccccc1CC(N)CC(=O)O. The van der Waals surface area contributed by atoms with Crippen molar-refractivity contribution in [3.8, 4) is 0 Å².